The summed E-state index contributed by atoms with van der Waals surface area (Å²) >= 11 is 0. The fourth-order valence-electron chi connectivity index (χ4n) is 3.07. The van der Waals surface area contributed by atoms with E-state index in [0.717, 1.165) is 11.0 Å². The van der Waals surface area contributed by atoms with Crippen LogP contribution in [0, 0.1) is 10.1 Å². The lowest BCUT2D eigenvalue weighted by Crippen LogP contribution is -2.36. The van der Waals surface area contributed by atoms with E-state index in [0.29, 0.717) is 37.9 Å². The first-order valence-electron chi connectivity index (χ1n) is 8.49. The second-order valence-corrected chi connectivity index (χ2v) is 6.12. The minimum absolute atomic E-state index is 0.103. The van der Waals surface area contributed by atoms with Crippen molar-refractivity contribution < 1.29 is 14.5 Å². The highest BCUT2D eigenvalue weighted by Crippen LogP contribution is 2.30. The van der Waals surface area contributed by atoms with Gasteiger partial charge in [-0.15, -0.1) is 0 Å². The molecular weight excluding hydrogens is 350 g/mol. The van der Waals surface area contributed by atoms with E-state index in [2.05, 4.69) is 15.3 Å². The van der Waals surface area contributed by atoms with Crippen molar-refractivity contribution in [2.24, 2.45) is 0 Å². The number of H-pyrrole nitrogens is 1. The van der Waals surface area contributed by atoms with Crippen LogP contribution in [0.4, 0.5) is 17.3 Å². The van der Waals surface area contributed by atoms with E-state index < -0.39 is 10.8 Å². The molecule has 138 valence electrons. The van der Waals surface area contributed by atoms with Crippen molar-refractivity contribution in [1.82, 2.24) is 9.97 Å². The Morgan fingerprint density at radius 1 is 1.22 bits per heavy atom. The lowest BCUT2D eigenvalue weighted by atomic mass is 10.1. The van der Waals surface area contributed by atoms with Gasteiger partial charge in [0.05, 0.1) is 29.2 Å². The molecule has 9 heteroatoms. The molecule has 27 heavy (non-hydrogen) atoms. The van der Waals surface area contributed by atoms with Gasteiger partial charge >= 0.3 is 0 Å². The highest BCUT2D eigenvalue weighted by molar-refractivity contribution is 6.04. The van der Waals surface area contributed by atoms with Crippen LogP contribution in [0.2, 0.25) is 0 Å². The molecule has 1 amide bonds. The zero-order valence-electron chi connectivity index (χ0n) is 14.3. The highest BCUT2D eigenvalue weighted by atomic mass is 16.6. The van der Waals surface area contributed by atoms with Gasteiger partial charge < -0.3 is 14.6 Å². The maximum atomic E-state index is 12.5. The Morgan fingerprint density at radius 3 is 2.74 bits per heavy atom. The Balaban J connectivity index is 1.59. The second-order valence-electron chi connectivity index (χ2n) is 6.12. The third-order valence-electron chi connectivity index (χ3n) is 4.41. The highest BCUT2D eigenvalue weighted by Gasteiger charge is 2.23. The van der Waals surface area contributed by atoms with Gasteiger partial charge in [0.1, 0.15) is 5.69 Å². The number of aromatic amines is 1. The summed E-state index contributed by atoms with van der Waals surface area (Å²) in [6.45, 7) is 2.19. The number of amides is 1. The van der Waals surface area contributed by atoms with Gasteiger partial charge in [-0.25, -0.2) is 4.98 Å². The molecule has 1 fully saturated rings. The van der Waals surface area contributed by atoms with Crippen LogP contribution >= 0.6 is 0 Å². The minimum Gasteiger partial charge on any atom is -0.378 e. The van der Waals surface area contributed by atoms with Crippen LogP contribution < -0.4 is 10.2 Å². The van der Waals surface area contributed by atoms with Crippen LogP contribution in [-0.4, -0.2) is 47.1 Å². The molecule has 1 saturated heterocycles. The number of nitro groups is 1. The van der Waals surface area contributed by atoms with Crippen LogP contribution in [-0.2, 0) is 4.74 Å². The predicted octanol–water partition coefficient (Wildman–Crippen LogP) is 2.56. The number of aromatic nitrogens is 2. The van der Waals surface area contributed by atoms with Crippen molar-refractivity contribution in [3.8, 4) is 0 Å². The second kappa shape index (κ2) is 7.04. The number of nitrogens with zero attached hydrogens (tertiary/aromatic N) is 3. The van der Waals surface area contributed by atoms with Crippen molar-refractivity contribution in [2.75, 3.05) is 36.5 Å². The lowest BCUT2D eigenvalue weighted by molar-refractivity contribution is -0.384. The van der Waals surface area contributed by atoms with Gasteiger partial charge in [-0.05, 0) is 24.3 Å². The number of ether oxygens (including phenoxy) is 1. The summed E-state index contributed by atoms with van der Waals surface area (Å²) in [4.78, 5) is 32.7. The van der Waals surface area contributed by atoms with E-state index in [1.165, 1.54) is 6.07 Å². The van der Waals surface area contributed by atoms with Gasteiger partial charge in [-0.1, -0.05) is 12.1 Å². The number of rotatable bonds is 4. The summed E-state index contributed by atoms with van der Waals surface area (Å²) in [5.41, 5.74) is 2.10. The van der Waals surface area contributed by atoms with Gasteiger partial charge in [-0.2, -0.15) is 0 Å². The Morgan fingerprint density at radius 2 is 2.00 bits per heavy atom. The minimum atomic E-state index is -0.469. The summed E-state index contributed by atoms with van der Waals surface area (Å²) in [6, 6.07) is 11.9. The first kappa shape index (κ1) is 17.0. The van der Waals surface area contributed by atoms with Crippen molar-refractivity contribution in [3.05, 3.63) is 58.1 Å². The van der Waals surface area contributed by atoms with Gasteiger partial charge in [-0.3, -0.25) is 20.2 Å². The van der Waals surface area contributed by atoms with Gasteiger partial charge in [0.15, 0.2) is 0 Å². The topological polar surface area (TPSA) is 113 Å². The number of nitrogens with one attached hydrogen (secondary N) is 2. The zero-order chi connectivity index (χ0) is 18.8. The molecule has 0 spiro atoms. The summed E-state index contributed by atoms with van der Waals surface area (Å²) in [5.74, 6) is -0.174. The molecule has 1 aliphatic rings. The van der Waals surface area contributed by atoms with Crippen LogP contribution in [0.5, 0.6) is 0 Å². The molecule has 0 bridgehead atoms. The number of imidazole rings is 1. The van der Waals surface area contributed by atoms with E-state index >= 15 is 0 Å². The van der Waals surface area contributed by atoms with Crippen molar-refractivity contribution in [1.29, 1.82) is 0 Å². The first-order chi connectivity index (χ1) is 13.1. The third-order valence-corrected chi connectivity index (χ3v) is 4.41. The van der Waals surface area contributed by atoms with Crippen molar-refractivity contribution >= 4 is 34.3 Å². The monoisotopic (exact) mass is 367 g/mol. The largest absolute Gasteiger partial charge is 0.378 e. The predicted molar refractivity (Wildman–Crippen MR) is 100 cm³/mol. The number of hydrogen-bond acceptors (Lipinski definition) is 6. The maximum absolute atomic E-state index is 12.5. The number of benzene rings is 2. The van der Waals surface area contributed by atoms with Crippen molar-refractivity contribution in [3.63, 3.8) is 0 Å². The Bertz CT molecular complexity index is 977. The quantitative estimate of drug-likeness (QED) is 0.541. The van der Waals surface area contributed by atoms with Crippen LogP contribution in [0.3, 0.4) is 0 Å². The Labute approximate surface area is 154 Å². The number of nitro benzene ring substituents is 1. The molecular formula is C18H17N5O4. The molecule has 0 aliphatic carbocycles. The number of carbonyl (C=O) groups is 1. The number of anilines is 2. The smallest absolute Gasteiger partial charge is 0.293 e. The zero-order valence-corrected chi connectivity index (χ0v) is 14.3. The van der Waals surface area contributed by atoms with E-state index in [4.69, 9.17) is 4.74 Å². The normalized spacial score (nSPS) is 14.3. The van der Waals surface area contributed by atoms with E-state index in [-0.39, 0.29) is 11.3 Å². The lowest BCUT2D eigenvalue weighted by Gasteiger charge is -2.28. The van der Waals surface area contributed by atoms with Gasteiger partial charge in [0.25, 0.3) is 11.6 Å². The molecule has 2 heterocycles. The molecule has 3 aromatic rings. The molecule has 0 radical (unpaired) electrons. The van der Waals surface area contributed by atoms with Crippen molar-refractivity contribution in [2.45, 2.75) is 0 Å². The molecule has 9 nitrogen and oxygen atoms in total. The van der Waals surface area contributed by atoms with E-state index in [1.807, 2.05) is 29.2 Å². The Hall–Kier alpha value is -3.46. The molecule has 4 rings (SSSR count). The number of morpholine rings is 1. The van der Waals surface area contributed by atoms with E-state index in [1.54, 1.807) is 12.1 Å². The summed E-state index contributed by atoms with van der Waals surface area (Å²) in [5, 5.41) is 14.2. The molecule has 0 saturated carbocycles. The summed E-state index contributed by atoms with van der Waals surface area (Å²) in [7, 11) is 0. The third kappa shape index (κ3) is 3.44. The average Bonchev–Trinajstić information content (AvgIpc) is 3.10. The van der Waals surface area contributed by atoms with Gasteiger partial charge in [0.2, 0.25) is 5.95 Å². The number of fused-ring (bicyclic) bond motifs is 1. The fourth-order valence-corrected chi connectivity index (χ4v) is 3.07. The molecule has 0 unspecified atom stereocenters. The van der Waals surface area contributed by atoms with Crippen LogP contribution in [0.1, 0.15) is 10.4 Å². The molecule has 1 aromatic heterocycles. The summed E-state index contributed by atoms with van der Waals surface area (Å²) in [6.07, 6.45) is 0. The Kier molecular flexibility index (Phi) is 4.43. The van der Waals surface area contributed by atoms with Crippen LogP contribution in [0.15, 0.2) is 42.5 Å². The SMILES string of the molecule is O=C(Nc1nc2ccccc2[nH]1)c1ccc(N2CCOCC2)c([N+](=O)[O-])c1. The molecule has 2 N–H and O–H groups in total. The molecule has 2 aromatic carbocycles. The fraction of sp³-hybridized carbons (Fsp3) is 0.222. The van der Waals surface area contributed by atoms with E-state index in [9.17, 15) is 14.9 Å². The number of para-hydroxylation sites is 2. The first-order valence-corrected chi connectivity index (χ1v) is 8.49. The standard InChI is InChI=1S/C18H17N5O4/c24-17(21-18-19-13-3-1-2-4-14(13)20-18)12-5-6-15(16(11-12)23(25)26)22-7-9-27-10-8-22/h1-6,11H,7-10H2,(H2,19,20,21,24). The average molecular weight is 367 g/mol. The van der Waals surface area contributed by atoms with Crippen LogP contribution in [0.25, 0.3) is 11.0 Å². The number of carbonyl (C=O) groups excluding carboxylic acids is 1. The number of hydrogen-bond donors (Lipinski definition) is 2. The summed E-state index contributed by atoms with van der Waals surface area (Å²) < 4.78 is 5.29. The maximum Gasteiger partial charge on any atom is 0.293 e. The van der Waals surface area contributed by atoms with Gasteiger partial charge in [0, 0.05) is 24.7 Å². The molecule has 0 atom stereocenters. The molecule has 1 aliphatic heterocycles.